The Morgan fingerprint density at radius 1 is 1.67 bits per heavy atom. The molecule has 0 N–H and O–H groups in total. The van der Waals surface area contributed by atoms with Gasteiger partial charge in [0, 0.05) is 4.47 Å². The van der Waals surface area contributed by atoms with E-state index in [1.165, 1.54) is 7.11 Å². The third-order valence-corrected chi connectivity index (χ3v) is 2.50. The number of halogens is 1. The van der Waals surface area contributed by atoms with Crippen LogP contribution in [-0.4, -0.2) is 13.1 Å². The molecule has 0 saturated heterocycles. The monoisotopic (exact) mass is 267 g/mol. The maximum Gasteiger partial charge on any atom is 0.307 e. The Balaban J connectivity index is 2.84. The zero-order valence-corrected chi connectivity index (χ0v) is 9.82. The first kappa shape index (κ1) is 11.7. The van der Waals surface area contributed by atoms with E-state index in [2.05, 4.69) is 26.7 Å². The summed E-state index contributed by atoms with van der Waals surface area (Å²) in [6.07, 6.45) is 0.0868. The molecule has 0 spiro atoms. The summed E-state index contributed by atoms with van der Waals surface area (Å²) in [6, 6.07) is 9.45. The second-order valence-electron chi connectivity index (χ2n) is 3.02. The number of hydrogen-bond acceptors (Lipinski definition) is 3. The molecule has 4 heteroatoms. The van der Waals surface area contributed by atoms with Crippen molar-refractivity contribution in [3.8, 4) is 6.07 Å². The maximum absolute atomic E-state index is 11.1. The van der Waals surface area contributed by atoms with Gasteiger partial charge in [-0.2, -0.15) is 5.26 Å². The van der Waals surface area contributed by atoms with Crippen LogP contribution in [0.1, 0.15) is 17.9 Å². The van der Waals surface area contributed by atoms with E-state index in [0.29, 0.717) is 0 Å². The molecule has 0 fully saturated rings. The molecule has 3 nitrogen and oxygen atoms in total. The topological polar surface area (TPSA) is 50.1 Å². The fourth-order valence-corrected chi connectivity index (χ4v) is 1.63. The number of ether oxygens (including phenoxy) is 1. The summed E-state index contributed by atoms with van der Waals surface area (Å²) in [7, 11) is 1.32. The highest BCUT2D eigenvalue weighted by atomic mass is 79.9. The number of hydrogen-bond donors (Lipinski definition) is 0. The number of benzene rings is 1. The number of nitriles is 1. The van der Waals surface area contributed by atoms with Crippen LogP contribution in [0.3, 0.4) is 0 Å². The SMILES string of the molecule is COC(=O)CC(C#N)c1cccc(Br)c1. The van der Waals surface area contributed by atoms with E-state index in [1.807, 2.05) is 24.3 Å². The molecule has 78 valence electrons. The first-order chi connectivity index (χ1) is 7.17. The molecule has 1 rings (SSSR count). The van der Waals surface area contributed by atoms with Gasteiger partial charge in [0.25, 0.3) is 0 Å². The molecule has 1 atom stereocenters. The van der Waals surface area contributed by atoms with Crippen LogP contribution in [-0.2, 0) is 9.53 Å². The predicted octanol–water partition coefficient (Wildman–Crippen LogP) is 2.62. The van der Waals surface area contributed by atoms with Crippen molar-refractivity contribution in [1.82, 2.24) is 0 Å². The molecule has 0 amide bonds. The summed E-state index contributed by atoms with van der Waals surface area (Å²) in [6.45, 7) is 0. The molecule has 0 bridgehead atoms. The molecular formula is C11H10BrNO2. The van der Waals surface area contributed by atoms with Gasteiger partial charge in [-0.3, -0.25) is 4.79 Å². The van der Waals surface area contributed by atoms with Crippen LogP contribution in [0.2, 0.25) is 0 Å². The summed E-state index contributed by atoms with van der Waals surface area (Å²) >= 11 is 3.32. The molecule has 1 aromatic carbocycles. The van der Waals surface area contributed by atoms with Gasteiger partial charge in [-0.25, -0.2) is 0 Å². The normalized spacial score (nSPS) is 11.5. The smallest absolute Gasteiger partial charge is 0.307 e. The lowest BCUT2D eigenvalue weighted by atomic mass is 9.97. The third-order valence-electron chi connectivity index (χ3n) is 2.01. The van der Waals surface area contributed by atoms with E-state index < -0.39 is 5.92 Å². The van der Waals surface area contributed by atoms with Gasteiger partial charge in [0.05, 0.1) is 25.5 Å². The predicted molar refractivity (Wildman–Crippen MR) is 59.1 cm³/mol. The van der Waals surface area contributed by atoms with Gasteiger partial charge >= 0.3 is 5.97 Å². The van der Waals surface area contributed by atoms with Crippen LogP contribution in [0, 0.1) is 11.3 Å². The largest absolute Gasteiger partial charge is 0.469 e. The zero-order chi connectivity index (χ0) is 11.3. The van der Waals surface area contributed by atoms with Crippen molar-refractivity contribution < 1.29 is 9.53 Å². The molecule has 0 aliphatic heterocycles. The molecular weight excluding hydrogens is 258 g/mol. The summed E-state index contributed by atoms with van der Waals surface area (Å²) in [5.41, 5.74) is 0.817. The number of carbonyl (C=O) groups excluding carboxylic acids is 1. The molecule has 15 heavy (non-hydrogen) atoms. The number of methoxy groups -OCH3 is 1. The van der Waals surface area contributed by atoms with Crippen molar-refractivity contribution in [3.05, 3.63) is 34.3 Å². The van der Waals surface area contributed by atoms with E-state index in [1.54, 1.807) is 0 Å². The van der Waals surface area contributed by atoms with Crippen LogP contribution >= 0.6 is 15.9 Å². The third kappa shape index (κ3) is 3.37. The van der Waals surface area contributed by atoms with E-state index in [4.69, 9.17) is 5.26 Å². The van der Waals surface area contributed by atoms with E-state index in [0.717, 1.165) is 10.0 Å². The Hall–Kier alpha value is -1.34. The number of carbonyl (C=O) groups is 1. The molecule has 1 unspecified atom stereocenters. The van der Waals surface area contributed by atoms with Crippen LogP contribution in [0.5, 0.6) is 0 Å². The average Bonchev–Trinajstić information content (AvgIpc) is 2.25. The van der Waals surface area contributed by atoms with Crippen LogP contribution in [0.4, 0.5) is 0 Å². The van der Waals surface area contributed by atoms with E-state index in [-0.39, 0.29) is 12.4 Å². The van der Waals surface area contributed by atoms with Crippen molar-refractivity contribution in [3.63, 3.8) is 0 Å². The van der Waals surface area contributed by atoms with Gasteiger partial charge in [0.1, 0.15) is 0 Å². The summed E-state index contributed by atoms with van der Waals surface area (Å²) < 4.78 is 5.43. The van der Waals surface area contributed by atoms with Crippen molar-refractivity contribution in [2.24, 2.45) is 0 Å². The lowest BCUT2D eigenvalue weighted by Gasteiger charge is -2.07. The fourth-order valence-electron chi connectivity index (χ4n) is 1.21. The molecule has 0 radical (unpaired) electrons. The van der Waals surface area contributed by atoms with Crippen molar-refractivity contribution in [1.29, 1.82) is 5.26 Å². The number of nitrogens with zero attached hydrogens (tertiary/aromatic N) is 1. The average molecular weight is 268 g/mol. The highest BCUT2D eigenvalue weighted by Gasteiger charge is 2.15. The van der Waals surface area contributed by atoms with Gasteiger partial charge in [-0.15, -0.1) is 0 Å². The van der Waals surface area contributed by atoms with Crippen molar-refractivity contribution in [2.75, 3.05) is 7.11 Å². The molecule has 0 saturated carbocycles. The standard InChI is InChI=1S/C11H10BrNO2/c1-15-11(14)6-9(7-13)8-3-2-4-10(12)5-8/h2-5,9H,6H2,1H3. The van der Waals surface area contributed by atoms with Crippen LogP contribution in [0.25, 0.3) is 0 Å². The zero-order valence-electron chi connectivity index (χ0n) is 8.24. The maximum atomic E-state index is 11.1. The minimum absolute atomic E-state index is 0.0868. The number of esters is 1. The second kappa shape index (κ2) is 5.52. The van der Waals surface area contributed by atoms with Gasteiger partial charge in [0.15, 0.2) is 0 Å². The molecule has 0 aliphatic rings. The lowest BCUT2D eigenvalue weighted by Crippen LogP contribution is -2.07. The highest BCUT2D eigenvalue weighted by Crippen LogP contribution is 2.22. The molecule has 0 heterocycles. The van der Waals surface area contributed by atoms with Crippen molar-refractivity contribution in [2.45, 2.75) is 12.3 Å². The van der Waals surface area contributed by atoms with E-state index in [9.17, 15) is 4.79 Å². The van der Waals surface area contributed by atoms with Crippen LogP contribution < -0.4 is 0 Å². The summed E-state index contributed by atoms with van der Waals surface area (Å²) in [5, 5.41) is 8.94. The molecule has 0 aliphatic carbocycles. The van der Waals surface area contributed by atoms with Crippen molar-refractivity contribution >= 4 is 21.9 Å². The first-order valence-corrected chi connectivity index (χ1v) is 5.18. The fraction of sp³-hybridized carbons (Fsp3) is 0.273. The van der Waals surface area contributed by atoms with Gasteiger partial charge in [0.2, 0.25) is 0 Å². The van der Waals surface area contributed by atoms with Gasteiger partial charge in [-0.1, -0.05) is 28.1 Å². The number of rotatable bonds is 3. The molecule has 1 aromatic rings. The Kier molecular flexibility index (Phi) is 4.32. The van der Waals surface area contributed by atoms with E-state index >= 15 is 0 Å². The minimum Gasteiger partial charge on any atom is -0.469 e. The highest BCUT2D eigenvalue weighted by molar-refractivity contribution is 9.10. The first-order valence-electron chi connectivity index (χ1n) is 4.39. The van der Waals surface area contributed by atoms with Crippen LogP contribution in [0.15, 0.2) is 28.7 Å². The molecule has 0 aromatic heterocycles. The second-order valence-corrected chi connectivity index (χ2v) is 3.93. The Morgan fingerprint density at radius 3 is 2.93 bits per heavy atom. The Morgan fingerprint density at radius 2 is 2.40 bits per heavy atom. The summed E-state index contributed by atoms with van der Waals surface area (Å²) in [4.78, 5) is 11.1. The minimum atomic E-state index is -0.449. The Labute approximate surface area is 96.8 Å². The van der Waals surface area contributed by atoms with Gasteiger partial charge < -0.3 is 4.74 Å². The Bertz CT molecular complexity index is 398. The quantitative estimate of drug-likeness (QED) is 0.792. The van der Waals surface area contributed by atoms with Gasteiger partial charge in [-0.05, 0) is 17.7 Å². The summed E-state index contributed by atoms with van der Waals surface area (Å²) in [5.74, 6) is -0.823. The lowest BCUT2D eigenvalue weighted by molar-refractivity contribution is -0.140.